The third kappa shape index (κ3) is 3.10. The first-order valence-electron chi connectivity index (χ1n) is 7.94. The first-order chi connectivity index (χ1) is 10.2. The lowest BCUT2D eigenvalue weighted by Gasteiger charge is -2.35. The summed E-state index contributed by atoms with van der Waals surface area (Å²) >= 11 is 1.84. The predicted molar refractivity (Wildman–Crippen MR) is 80.8 cm³/mol. The molecule has 0 aromatic carbocycles. The maximum atomic E-state index is 12.6. The van der Waals surface area contributed by atoms with Crippen molar-refractivity contribution in [3.8, 4) is 0 Å². The predicted octanol–water partition coefficient (Wildman–Crippen LogP) is 2.16. The summed E-state index contributed by atoms with van der Waals surface area (Å²) in [4.78, 5) is 38.0. The second-order valence-electron chi connectivity index (χ2n) is 6.25. The van der Waals surface area contributed by atoms with Crippen LogP contribution in [0.2, 0.25) is 0 Å². The molecule has 2 saturated heterocycles. The first-order valence-corrected chi connectivity index (χ1v) is 8.99. The molecule has 2 unspecified atom stereocenters. The van der Waals surface area contributed by atoms with Crippen LogP contribution in [0.5, 0.6) is 0 Å². The average molecular weight is 310 g/mol. The lowest BCUT2D eigenvalue weighted by molar-refractivity contribution is -0.145. The number of urea groups is 1. The normalized spacial score (nSPS) is 31.6. The molecule has 0 spiro atoms. The molecule has 3 rings (SSSR count). The lowest BCUT2D eigenvalue weighted by Crippen LogP contribution is -2.60. The number of imide groups is 2. The van der Waals surface area contributed by atoms with Crippen LogP contribution >= 0.6 is 11.8 Å². The van der Waals surface area contributed by atoms with Crippen LogP contribution in [-0.4, -0.2) is 40.3 Å². The zero-order valence-electron chi connectivity index (χ0n) is 12.2. The Kier molecular flexibility index (Phi) is 4.52. The van der Waals surface area contributed by atoms with Crippen molar-refractivity contribution in [3.05, 3.63) is 0 Å². The smallest absolute Gasteiger partial charge is 0.277 e. The zero-order valence-corrected chi connectivity index (χ0v) is 13.0. The molecule has 1 N–H and O–H groups in total. The van der Waals surface area contributed by atoms with Crippen molar-refractivity contribution in [1.29, 1.82) is 0 Å². The van der Waals surface area contributed by atoms with E-state index in [1.54, 1.807) is 0 Å². The van der Waals surface area contributed by atoms with Gasteiger partial charge in [-0.25, -0.2) is 4.79 Å². The Morgan fingerprint density at radius 1 is 1.05 bits per heavy atom. The molecule has 116 valence electrons. The highest BCUT2D eigenvalue weighted by atomic mass is 32.2. The number of carbonyl (C=O) groups excluding carboxylic acids is 3. The second kappa shape index (κ2) is 6.38. The Morgan fingerprint density at radius 2 is 1.76 bits per heavy atom. The van der Waals surface area contributed by atoms with Crippen molar-refractivity contribution < 1.29 is 14.4 Å². The third-order valence-corrected chi connectivity index (χ3v) is 6.20. The molecule has 1 saturated carbocycles. The Hall–Kier alpha value is -1.04. The molecule has 0 aromatic rings. The lowest BCUT2D eigenvalue weighted by atomic mass is 9.87. The summed E-state index contributed by atoms with van der Waals surface area (Å²) in [6.45, 7) is 0.450. The fourth-order valence-corrected chi connectivity index (χ4v) is 4.96. The van der Waals surface area contributed by atoms with Crippen molar-refractivity contribution in [2.24, 2.45) is 11.8 Å². The standard InChI is InChI=1S/C15H22N2O3S/c18-13-12(10-5-1-2-6-10)14(19)17(15(20)16-13)9-11-7-3-4-8-21-11/h10-12H,1-9H2,(H,16,18,20). The fourth-order valence-electron chi connectivity index (χ4n) is 3.67. The summed E-state index contributed by atoms with van der Waals surface area (Å²) < 4.78 is 0. The van der Waals surface area contributed by atoms with Gasteiger partial charge in [-0.15, -0.1) is 0 Å². The van der Waals surface area contributed by atoms with Crippen LogP contribution in [0.15, 0.2) is 0 Å². The molecule has 0 radical (unpaired) electrons. The van der Waals surface area contributed by atoms with Crippen LogP contribution in [0.3, 0.4) is 0 Å². The Labute approximate surface area is 129 Å². The minimum atomic E-state index is -0.640. The van der Waals surface area contributed by atoms with Gasteiger partial charge in [0.1, 0.15) is 5.92 Å². The summed E-state index contributed by atoms with van der Waals surface area (Å²) in [5.74, 6) is -0.0728. The largest absolute Gasteiger partial charge is 0.330 e. The molecular weight excluding hydrogens is 288 g/mol. The highest BCUT2D eigenvalue weighted by Crippen LogP contribution is 2.34. The molecule has 2 aliphatic heterocycles. The quantitative estimate of drug-likeness (QED) is 0.811. The van der Waals surface area contributed by atoms with Crippen LogP contribution in [-0.2, 0) is 9.59 Å². The number of barbiturate groups is 1. The van der Waals surface area contributed by atoms with E-state index >= 15 is 0 Å². The van der Waals surface area contributed by atoms with Gasteiger partial charge in [0.25, 0.3) is 0 Å². The van der Waals surface area contributed by atoms with Crippen molar-refractivity contribution in [1.82, 2.24) is 10.2 Å². The number of nitrogens with one attached hydrogen (secondary N) is 1. The highest BCUT2D eigenvalue weighted by molar-refractivity contribution is 7.99. The Bertz CT molecular complexity index is 442. The molecule has 0 aromatic heterocycles. The molecule has 21 heavy (non-hydrogen) atoms. The van der Waals surface area contributed by atoms with Gasteiger partial charge >= 0.3 is 6.03 Å². The van der Waals surface area contributed by atoms with Crippen molar-refractivity contribution >= 4 is 29.6 Å². The maximum Gasteiger partial charge on any atom is 0.330 e. The maximum absolute atomic E-state index is 12.6. The van der Waals surface area contributed by atoms with Crippen LogP contribution in [0.1, 0.15) is 44.9 Å². The van der Waals surface area contributed by atoms with Crippen molar-refractivity contribution in [3.63, 3.8) is 0 Å². The van der Waals surface area contributed by atoms with Crippen molar-refractivity contribution in [2.45, 2.75) is 50.2 Å². The van der Waals surface area contributed by atoms with E-state index in [0.717, 1.165) is 44.3 Å². The zero-order chi connectivity index (χ0) is 14.8. The van der Waals surface area contributed by atoms with E-state index in [1.165, 1.54) is 11.3 Å². The Morgan fingerprint density at radius 3 is 2.43 bits per heavy atom. The molecule has 1 aliphatic carbocycles. The van der Waals surface area contributed by atoms with E-state index < -0.39 is 11.9 Å². The molecule has 3 fully saturated rings. The number of amides is 4. The molecule has 3 aliphatic rings. The van der Waals surface area contributed by atoms with Gasteiger partial charge in [-0.2, -0.15) is 11.8 Å². The van der Waals surface area contributed by atoms with E-state index in [-0.39, 0.29) is 17.7 Å². The number of hydrogen-bond acceptors (Lipinski definition) is 4. The van der Waals surface area contributed by atoms with E-state index in [9.17, 15) is 14.4 Å². The molecule has 4 amide bonds. The second-order valence-corrected chi connectivity index (χ2v) is 7.66. The van der Waals surface area contributed by atoms with E-state index in [0.29, 0.717) is 11.8 Å². The fraction of sp³-hybridized carbons (Fsp3) is 0.800. The summed E-state index contributed by atoms with van der Waals surface area (Å²) in [5, 5.41) is 2.72. The van der Waals surface area contributed by atoms with E-state index in [2.05, 4.69) is 5.32 Å². The molecule has 2 heterocycles. The van der Waals surface area contributed by atoms with Gasteiger partial charge in [-0.1, -0.05) is 19.3 Å². The molecule has 2 atom stereocenters. The summed E-state index contributed by atoms with van der Waals surface area (Å²) in [6, 6.07) is -0.523. The number of nitrogens with zero attached hydrogens (tertiary/aromatic N) is 1. The molecule has 5 nitrogen and oxygen atoms in total. The van der Waals surface area contributed by atoms with E-state index in [1.807, 2.05) is 11.8 Å². The number of hydrogen-bond donors (Lipinski definition) is 1. The van der Waals surface area contributed by atoms with Gasteiger partial charge in [0, 0.05) is 11.8 Å². The van der Waals surface area contributed by atoms with E-state index in [4.69, 9.17) is 0 Å². The SMILES string of the molecule is O=C1NC(=O)N(CC2CCCCS2)C(=O)C1C1CCCC1. The molecule has 6 heteroatoms. The summed E-state index contributed by atoms with van der Waals surface area (Å²) in [6.07, 6.45) is 7.41. The summed E-state index contributed by atoms with van der Waals surface area (Å²) in [7, 11) is 0. The molecular formula is C15H22N2O3S. The van der Waals surface area contributed by atoms with Crippen molar-refractivity contribution in [2.75, 3.05) is 12.3 Å². The third-order valence-electron chi connectivity index (χ3n) is 4.82. The van der Waals surface area contributed by atoms with Gasteiger partial charge in [0.15, 0.2) is 0 Å². The Balaban J connectivity index is 1.70. The molecule has 0 bridgehead atoms. The average Bonchev–Trinajstić information content (AvgIpc) is 2.98. The van der Waals surface area contributed by atoms with Crippen LogP contribution < -0.4 is 5.32 Å². The van der Waals surface area contributed by atoms with Gasteiger partial charge in [-0.05, 0) is 37.4 Å². The highest BCUT2D eigenvalue weighted by Gasteiger charge is 2.45. The van der Waals surface area contributed by atoms with Crippen LogP contribution in [0.4, 0.5) is 4.79 Å². The number of thioether (sulfide) groups is 1. The number of carbonyl (C=O) groups is 3. The van der Waals surface area contributed by atoms with Crippen LogP contribution in [0.25, 0.3) is 0 Å². The van der Waals surface area contributed by atoms with Gasteiger partial charge in [0.05, 0.1) is 0 Å². The van der Waals surface area contributed by atoms with Gasteiger partial charge in [-0.3, -0.25) is 19.8 Å². The first kappa shape index (κ1) is 14.9. The minimum absolute atomic E-state index is 0.118. The topological polar surface area (TPSA) is 66.5 Å². The summed E-state index contributed by atoms with van der Waals surface area (Å²) in [5.41, 5.74) is 0. The van der Waals surface area contributed by atoms with Crippen LogP contribution in [0, 0.1) is 11.8 Å². The minimum Gasteiger partial charge on any atom is -0.277 e. The van der Waals surface area contributed by atoms with Gasteiger partial charge < -0.3 is 0 Å². The number of rotatable bonds is 3. The van der Waals surface area contributed by atoms with Gasteiger partial charge in [0.2, 0.25) is 11.8 Å². The monoisotopic (exact) mass is 310 g/mol.